The lowest BCUT2D eigenvalue weighted by molar-refractivity contribution is -0.301. The van der Waals surface area contributed by atoms with Crippen LogP contribution in [-0.2, 0) is 9.47 Å². The second kappa shape index (κ2) is 12.1. The summed E-state index contributed by atoms with van der Waals surface area (Å²) >= 11 is 0. The van der Waals surface area contributed by atoms with E-state index in [1.807, 2.05) is 12.1 Å². The number of benzene rings is 1. The average Bonchev–Trinajstić information content (AvgIpc) is 3.30. The van der Waals surface area contributed by atoms with Gasteiger partial charge in [-0.2, -0.15) is 0 Å². The topological polar surface area (TPSA) is 149 Å². The number of aliphatic hydroxyl groups excluding tert-OH is 4. The Labute approximate surface area is 260 Å². The Balaban J connectivity index is 1.16. The van der Waals surface area contributed by atoms with Gasteiger partial charge in [0.15, 0.2) is 6.29 Å². The number of ether oxygens (including phenoxy) is 2. The van der Waals surface area contributed by atoms with Crippen LogP contribution in [0.4, 0.5) is 0 Å². The van der Waals surface area contributed by atoms with E-state index in [9.17, 15) is 25.2 Å². The molecule has 1 aromatic rings. The van der Waals surface area contributed by atoms with Crippen molar-refractivity contribution in [2.75, 3.05) is 13.2 Å². The van der Waals surface area contributed by atoms with Crippen LogP contribution in [0.5, 0.6) is 0 Å². The van der Waals surface area contributed by atoms with Gasteiger partial charge in [0.1, 0.15) is 18.3 Å². The first-order valence-corrected chi connectivity index (χ1v) is 16.7. The molecule has 0 aromatic heterocycles. The van der Waals surface area contributed by atoms with Gasteiger partial charge in [-0.25, -0.2) is 0 Å². The number of hydrogen-bond acceptors (Lipinski definition) is 8. The molecule has 1 aliphatic heterocycles. The van der Waals surface area contributed by atoms with E-state index in [1.54, 1.807) is 6.92 Å². The van der Waals surface area contributed by atoms with Crippen LogP contribution in [0, 0.1) is 22.7 Å². The van der Waals surface area contributed by atoms with Crippen LogP contribution in [0.2, 0.25) is 0 Å². The number of rotatable bonds is 7. The number of hydrogen-bond donors (Lipinski definition) is 6. The van der Waals surface area contributed by atoms with Crippen molar-refractivity contribution >= 4 is 5.91 Å². The number of nitrogens with one attached hydrogen (secondary N) is 1. The molecular formula is C35H51NO8. The summed E-state index contributed by atoms with van der Waals surface area (Å²) in [5.74, 6) is 0.682. The predicted molar refractivity (Wildman–Crippen MR) is 164 cm³/mol. The molecule has 4 aliphatic carbocycles. The average molecular weight is 614 g/mol. The van der Waals surface area contributed by atoms with Crippen LogP contribution in [-0.4, -0.2) is 87.0 Å². The van der Waals surface area contributed by atoms with Crippen molar-refractivity contribution in [3.05, 3.63) is 47.0 Å². The lowest BCUT2D eigenvalue weighted by atomic mass is 9.45. The number of carbonyl (C=O) groups excluding carboxylic acids is 1. The molecular weight excluding hydrogens is 562 g/mol. The molecule has 4 fully saturated rings. The molecule has 0 unspecified atom stereocenters. The summed E-state index contributed by atoms with van der Waals surface area (Å²) in [5, 5.41) is 55.2. The number of aliphatic hydroxyl groups is 5. The van der Waals surface area contributed by atoms with Gasteiger partial charge in [-0.05, 0) is 106 Å². The Morgan fingerprint density at radius 2 is 1.73 bits per heavy atom. The third-order valence-electron chi connectivity index (χ3n) is 12.6. The van der Waals surface area contributed by atoms with E-state index < -0.39 is 36.3 Å². The standard InChI is InChI=1S/C35H51NO8/c1-20-28(38)29(39)30(40)32(43-20)44-24-11-14-33(2)23(19-24)9-10-27-26(33)12-15-34(3)25(13-16-35(27,34)42)21-5-7-22(8-6-21)31(41)36-17-4-18-37/h5-8,19-20,24-30,32,37-40,42H,4,9-18H2,1-3H3,(H,36,41)/t20-,24-,25+,26-,27+,28-,29+,30+,32-,33-,34+,35-/m0/s1. The summed E-state index contributed by atoms with van der Waals surface area (Å²) in [6.45, 7) is 6.82. The Hall–Kier alpha value is -1.85. The zero-order chi connectivity index (χ0) is 31.4. The summed E-state index contributed by atoms with van der Waals surface area (Å²) < 4.78 is 11.9. The molecule has 6 N–H and O–H groups in total. The van der Waals surface area contributed by atoms with Crippen molar-refractivity contribution in [3.8, 4) is 0 Å². The molecule has 44 heavy (non-hydrogen) atoms. The number of carbonyl (C=O) groups is 1. The maximum Gasteiger partial charge on any atom is 0.251 e. The molecule has 3 saturated carbocycles. The third kappa shape index (κ3) is 5.17. The van der Waals surface area contributed by atoms with Crippen LogP contribution >= 0.6 is 0 Å². The van der Waals surface area contributed by atoms with E-state index in [2.05, 4.69) is 37.4 Å². The highest BCUT2D eigenvalue weighted by molar-refractivity contribution is 5.94. The summed E-state index contributed by atoms with van der Waals surface area (Å²) in [7, 11) is 0. The fourth-order valence-electron chi connectivity index (χ4n) is 9.86. The highest BCUT2D eigenvalue weighted by Crippen LogP contribution is 2.70. The number of fused-ring (bicyclic) bond motifs is 5. The molecule has 0 spiro atoms. The van der Waals surface area contributed by atoms with Crippen LogP contribution in [0.15, 0.2) is 35.9 Å². The van der Waals surface area contributed by atoms with Gasteiger partial charge in [0, 0.05) is 24.1 Å². The van der Waals surface area contributed by atoms with Gasteiger partial charge in [-0.15, -0.1) is 0 Å². The van der Waals surface area contributed by atoms with Crippen LogP contribution in [0.3, 0.4) is 0 Å². The van der Waals surface area contributed by atoms with Crippen molar-refractivity contribution in [1.82, 2.24) is 5.32 Å². The highest BCUT2D eigenvalue weighted by Gasteiger charge is 2.66. The molecule has 9 heteroatoms. The molecule has 0 radical (unpaired) electrons. The van der Waals surface area contributed by atoms with Gasteiger partial charge in [-0.3, -0.25) is 4.79 Å². The monoisotopic (exact) mass is 613 g/mol. The van der Waals surface area contributed by atoms with Crippen molar-refractivity contribution in [1.29, 1.82) is 0 Å². The van der Waals surface area contributed by atoms with E-state index in [1.165, 1.54) is 11.1 Å². The minimum absolute atomic E-state index is 0.0298. The number of amides is 1. The molecule has 0 bridgehead atoms. The van der Waals surface area contributed by atoms with Gasteiger partial charge in [-0.1, -0.05) is 37.6 Å². The smallest absolute Gasteiger partial charge is 0.251 e. The van der Waals surface area contributed by atoms with E-state index in [0.717, 1.165) is 51.4 Å². The predicted octanol–water partition coefficient (Wildman–Crippen LogP) is 3.17. The number of allylic oxidation sites excluding steroid dienone is 1. The highest BCUT2D eigenvalue weighted by atomic mass is 16.7. The summed E-state index contributed by atoms with van der Waals surface area (Å²) in [6, 6.07) is 7.89. The van der Waals surface area contributed by atoms with Gasteiger partial charge in [0.25, 0.3) is 5.91 Å². The minimum atomic E-state index is -1.31. The lowest BCUT2D eigenvalue weighted by Gasteiger charge is -2.62. The molecule has 5 aliphatic rings. The second-order valence-electron chi connectivity index (χ2n) is 14.7. The molecule has 1 amide bonds. The summed E-state index contributed by atoms with van der Waals surface area (Å²) in [5.41, 5.74) is 2.14. The molecule has 1 heterocycles. The van der Waals surface area contributed by atoms with Crippen LogP contribution in [0.25, 0.3) is 0 Å². The first kappa shape index (κ1) is 32.1. The molecule has 1 aromatic carbocycles. The van der Waals surface area contributed by atoms with Gasteiger partial charge >= 0.3 is 0 Å². The quantitative estimate of drug-likeness (QED) is 0.203. The minimum Gasteiger partial charge on any atom is -0.396 e. The Kier molecular flexibility index (Phi) is 8.80. The Morgan fingerprint density at radius 1 is 0.977 bits per heavy atom. The van der Waals surface area contributed by atoms with Crippen molar-refractivity contribution < 1.29 is 39.8 Å². The Morgan fingerprint density at radius 3 is 2.45 bits per heavy atom. The summed E-state index contributed by atoms with van der Waals surface area (Å²) in [6.07, 6.45) is 4.31. The zero-order valence-electron chi connectivity index (χ0n) is 26.3. The maximum absolute atomic E-state index is 12.6. The normalized spacial score (nSPS) is 45.1. The lowest BCUT2D eigenvalue weighted by Crippen LogP contribution is -2.60. The molecule has 9 nitrogen and oxygen atoms in total. The van der Waals surface area contributed by atoms with E-state index in [0.29, 0.717) is 24.4 Å². The van der Waals surface area contributed by atoms with Crippen molar-refractivity contribution in [3.63, 3.8) is 0 Å². The summed E-state index contributed by atoms with van der Waals surface area (Å²) in [4.78, 5) is 12.5. The zero-order valence-corrected chi connectivity index (χ0v) is 26.3. The first-order valence-electron chi connectivity index (χ1n) is 16.7. The fourth-order valence-corrected chi connectivity index (χ4v) is 9.86. The molecule has 1 saturated heterocycles. The first-order chi connectivity index (χ1) is 20.9. The van der Waals surface area contributed by atoms with Gasteiger partial charge < -0.3 is 40.3 Å². The van der Waals surface area contributed by atoms with E-state index in [-0.39, 0.29) is 41.3 Å². The van der Waals surface area contributed by atoms with Gasteiger partial charge in [0.2, 0.25) is 0 Å². The Bertz CT molecular complexity index is 1240. The van der Waals surface area contributed by atoms with E-state index in [4.69, 9.17) is 14.6 Å². The largest absolute Gasteiger partial charge is 0.396 e. The molecule has 244 valence electrons. The van der Waals surface area contributed by atoms with Gasteiger partial charge in [0.05, 0.1) is 17.8 Å². The molecule has 12 atom stereocenters. The third-order valence-corrected chi connectivity index (χ3v) is 12.6. The SMILES string of the molecule is C[C@@H]1O[C@@H](O[C@@H]2C=C3CC[C@@H]4[C@H](CC[C@]5(C)[C@@H](c6ccc(C(=O)NCCCO)cc6)CC[C@]45O)[C@@]3(C)CC2)[C@H](O)[C@H](O)[C@H]1O. The van der Waals surface area contributed by atoms with Crippen molar-refractivity contribution in [2.45, 2.75) is 127 Å². The van der Waals surface area contributed by atoms with Crippen LogP contribution in [0.1, 0.15) is 100 Å². The fraction of sp³-hybridized carbons (Fsp3) is 0.743. The second-order valence-corrected chi connectivity index (χ2v) is 14.7. The van der Waals surface area contributed by atoms with Crippen molar-refractivity contribution in [2.24, 2.45) is 22.7 Å². The van der Waals surface area contributed by atoms with Crippen LogP contribution < -0.4 is 5.32 Å². The van der Waals surface area contributed by atoms with E-state index >= 15 is 0 Å². The molecule has 6 rings (SSSR count). The maximum atomic E-state index is 12.6.